The number of nitrogens with zero attached hydrogens (tertiary/aromatic N) is 1. The lowest BCUT2D eigenvalue weighted by Gasteiger charge is -2.11. The Morgan fingerprint density at radius 2 is 0.917 bits per heavy atom. The van der Waals surface area contributed by atoms with E-state index in [2.05, 4.69) is 4.99 Å². The van der Waals surface area contributed by atoms with Crippen LogP contribution >= 0.6 is 0 Å². The first-order valence-electron chi connectivity index (χ1n) is 21.6. The van der Waals surface area contributed by atoms with Gasteiger partial charge in [-0.05, 0) is 55.9 Å². The van der Waals surface area contributed by atoms with Gasteiger partial charge in [-0.15, -0.1) is 0 Å². The fraction of sp³-hybridized carbons (Fsp3) is 0.619. The average Bonchev–Trinajstić information content (AvgIpc) is 3.27. The van der Waals surface area contributed by atoms with Crippen molar-refractivity contribution in [3.63, 3.8) is 0 Å². The molecule has 0 saturated heterocycles. The molecule has 9 atom stereocenters. The first-order valence-corrected chi connectivity index (χ1v) is 21.6. The molecule has 420 valence electrons. The molecular weight excluding hydrogens is 963 g/mol. The van der Waals surface area contributed by atoms with Crippen molar-refractivity contribution in [1.82, 2.24) is 0 Å². The first-order chi connectivity index (χ1) is 32.8. The lowest BCUT2D eigenvalue weighted by Crippen LogP contribution is -2.36. The summed E-state index contributed by atoms with van der Waals surface area (Å²) in [5.74, 6) is -8.89. The maximum atomic E-state index is 10.4. The zero-order valence-electron chi connectivity index (χ0n) is 41.8. The van der Waals surface area contributed by atoms with Crippen molar-refractivity contribution in [3.05, 3.63) is 35.9 Å². The molecule has 1 aromatic rings. The number of hydrogen-bond donors (Lipinski definition) is 20. The lowest BCUT2D eigenvalue weighted by atomic mass is 10.0. The summed E-state index contributed by atoms with van der Waals surface area (Å²) < 4.78 is 0. The summed E-state index contributed by atoms with van der Waals surface area (Å²) in [4.78, 5) is 93.4. The van der Waals surface area contributed by atoms with Crippen LogP contribution in [0, 0.1) is 17.8 Å². The maximum absolute atomic E-state index is 10.4. The highest BCUT2D eigenvalue weighted by Gasteiger charge is 2.18. The SMILES string of the molecule is CC(C)C[C@H](N)C(=O)O.CC(C)[C@H](N)C(=O)O.CC[C@H](C)[C@H](N)C(=O)O.C[C@H](N)C(=O)O.NC(N)=NCCC[C@H](N)C(=O)O.N[C@@H](CC(=O)O)C(=O)O.N[C@@H](CO)C(=O)O.N[C@@H](Cc1ccccc1)C(=O)O. The van der Waals surface area contributed by atoms with E-state index >= 15 is 0 Å². The molecule has 1 aromatic carbocycles. The van der Waals surface area contributed by atoms with E-state index in [1.54, 1.807) is 13.8 Å². The van der Waals surface area contributed by atoms with E-state index < -0.39 is 115 Å². The fourth-order valence-corrected chi connectivity index (χ4v) is 3.34. The molecule has 0 radical (unpaired) electrons. The summed E-state index contributed by atoms with van der Waals surface area (Å²) in [6.45, 7) is 12.5. The second-order valence-corrected chi connectivity index (χ2v) is 15.8. The molecule has 0 bridgehead atoms. The molecular formula is C42H83N11O19. The van der Waals surface area contributed by atoms with Crippen LogP contribution in [-0.4, -0.2) is 172 Å². The minimum Gasteiger partial charge on any atom is -0.481 e. The number of nitrogens with two attached hydrogens (primary N) is 10. The van der Waals surface area contributed by atoms with Crippen molar-refractivity contribution in [2.24, 2.45) is 80.1 Å². The normalized spacial score (nSPS) is 13.5. The summed E-state index contributed by atoms with van der Waals surface area (Å²) in [6.07, 6.45) is 2.17. The van der Waals surface area contributed by atoms with Crippen LogP contribution < -0.4 is 57.3 Å². The molecule has 30 nitrogen and oxygen atoms in total. The van der Waals surface area contributed by atoms with Gasteiger partial charge in [0.1, 0.15) is 48.3 Å². The molecule has 30 N–H and O–H groups in total. The minimum atomic E-state index is -1.29. The third-order valence-electron chi connectivity index (χ3n) is 8.10. The smallest absolute Gasteiger partial charge is 0.322 e. The third-order valence-corrected chi connectivity index (χ3v) is 8.10. The Labute approximate surface area is 417 Å². The van der Waals surface area contributed by atoms with Crippen LogP contribution in [0.1, 0.15) is 86.1 Å². The van der Waals surface area contributed by atoms with E-state index in [-0.39, 0.29) is 17.8 Å². The number of aliphatic imine (C=N–C) groups is 1. The van der Waals surface area contributed by atoms with E-state index in [4.69, 9.17) is 108 Å². The Hall–Kier alpha value is -6.64. The van der Waals surface area contributed by atoms with E-state index in [0.717, 1.165) is 12.0 Å². The van der Waals surface area contributed by atoms with Crippen molar-refractivity contribution in [1.29, 1.82) is 0 Å². The van der Waals surface area contributed by atoms with Crippen LogP contribution in [0.5, 0.6) is 0 Å². The van der Waals surface area contributed by atoms with Gasteiger partial charge in [0, 0.05) is 6.54 Å². The third kappa shape index (κ3) is 59.5. The van der Waals surface area contributed by atoms with Crippen LogP contribution in [0.2, 0.25) is 0 Å². The number of guanidine groups is 1. The lowest BCUT2D eigenvalue weighted by molar-refractivity contribution is -0.144. The highest BCUT2D eigenvalue weighted by atomic mass is 16.4. The van der Waals surface area contributed by atoms with Gasteiger partial charge in [-0.3, -0.25) is 48.1 Å². The monoisotopic (exact) mass is 1050 g/mol. The molecule has 0 heterocycles. The van der Waals surface area contributed by atoms with Crippen LogP contribution in [0.15, 0.2) is 35.3 Å². The topological polar surface area (TPSA) is 628 Å². The van der Waals surface area contributed by atoms with Gasteiger partial charge in [-0.25, -0.2) is 0 Å². The molecule has 0 fully saturated rings. The second-order valence-electron chi connectivity index (χ2n) is 15.8. The van der Waals surface area contributed by atoms with E-state index in [1.165, 1.54) is 6.92 Å². The molecule has 0 aliphatic heterocycles. The summed E-state index contributed by atoms with van der Waals surface area (Å²) in [5, 5.41) is 81.6. The van der Waals surface area contributed by atoms with Gasteiger partial charge < -0.3 is 108 Å². The number of aliphatic hydroxyl groups excluding tert-OH is 1. The summed E-state index contributed by atoms with van der Waals surface area (Å²) in [7, 11) is 0. The number of aliphatic hydroxyl groups is 1. The van der Waals surface area contributed by atoms with Gasteiger partial charge in [0.25, 0.3) is 0 Å². The van der Waals surface area contributed by atoms with Crippen molar-refractivity contribution < 1.29 is 94.2 Å². The molecule has 1 rings (SSSR count). The maximum Gasteiger partial charge on any atom is 0.322 e. The Balaban J connectivity index is -0.000000135. The second kappa shape index (κ2) is 48.0. The van der Waals surface area contributed by atoms with Gasteiger partial charge >= 0.3 is 53.7 Å². The molecule has 0 aliphatic rings. The average molecular weight is 1050 g/mol. The van der Waals surface area contributed by atoms with E-state index in [0.29, 0.717) is 38.1 Å². The molecule has 0 amide bonds. The molecule has 0 aliphatic carbocycles. The number of benzene rings is 1. The number of hydrogen-bond acceptors (Lipinski definition) is 19. The molecule has 30 heteroatoms. The number of carbonyl (C=O) groups is 9. The Morgan fingerprint density at radius 3 is 1.11 bits per heavy atom. The molecule has 0 unspecified atom stereocenters. The number of carboxylic acids is 9. The van der Waals surface area contributed by atoms with Crippen molar-refractivity contribution in [2.75, 3.05) is 13.2 Å². The molecule has 0 aromatic heterocycles. The van der Waals surface area contributed by atoms with Gasteiger partial charge in [0.2, 0.25) is 0 Å². The Bertz CT molecular complexity index is 1710. The zero-order chi connectivity index (χ0) is 58.6. The van der Waals surface area contributed by atoms with Crippen LogP contribution in [-0.2, 0) is 49.6 Å². The molecule has 72 heavy (non-hydrogen) atoms. The van der Waals surface area contributed by atoms with Crippen molar-refractivity contribution in [2.45, 2.75) is 135 Å². The van der Waals surface area contributed by atoms with E-state index in [1.807, 2.05) is 58.0 Å². The Morgan fingerprint density at radius 1 is 0.528 bits per heavy atom. The number of rotatable bonds is 22. The largest absolute Gasteiger partial charge is 0.481 e. The van der Waals surface area contributed by atoms with Crippen molar-refractivity contribution >= 4 is 59.7 Å². The van der Waals surface area contributed by atoms with Gasteiger partial charge in [0.15, 0.2) is 5.96 Å². The van der Waals surface area contributed by atoms with Crippen LogP contribution in [0.3, 0.4) is 0 Å². The fourth-order valence-electron chi connectivity index (χ4n) is 3.34. The molecule has 0 spiro atoms. The summed E-state index contributed by atoms with van der Waals surface area (Å²) in [5.41, 5.74) is 51.7. The van der Waals surface area contributed by atoms with Gasteiger partial charge in [-0.2, -0.15) is 0 Å². The predicted octanol–water partition coefficient (Wildman–Crippen LogP) is -3.28. The zero-order valence-corrected chi connectivity index (χ0v) is 41.8. The highest BCUT2D eigenvalue weighted by molar-refractivity contribution is 5.80. The standard InChI is InChI=1S/C9H11NO2.C6H14N4O2.2C6H13NO2.C5H11NO2.C4H7NO4.C3H7NO3.C3H7NO2/c10-8(9(11)12)6-7-4-2-1-3-5-7;7-4(5(11)12)2-1-3-10-6(8)9;1-4(2)3-5(7)6(8)9;1-3-4(2)5(7)6(8)9;1-3(2)4(6)5(7)8;5-2(4(8)9)1-3(6)7;4-2(1-5)3(6)7;1-2(4)3(5)6/h1-5,8H,6,10H2,(H,11,12);4H,1-3,7H2,(H,11,12)(H4,8,9,10);2*4-5H,3,7H2,1-2H3,(H,8,9);3-4H,6H2,1-2H3,(H,7,8);2H,1,5H2,(H,6,7)(H,8,9);2,5H,1,4H2,(H,6,7);2H,4H2,1H3,(H,5,6)/t8-;4-;5-;4-,5-;4-;3*2-/m00000000/s1. The highest BCUT2D eigenvalue weighted by Crippen LogP contribution is 2.05. The number of carboxylic acid groups (broad SMARTS) is 9. The van der Waals surface area contributed by atoms with E-state index in [9.17, 15) is 43.2 Å². The van der Waals surface area contributed by atoms with Gasteiger partial charge in [0.05, 0.1) is 13.0 Å². The predicted molar refractivity (Wildman–Crippen MR) is 264 cm³/mol. The quantitative estimate of drug-likeness (QED) is 0.0308. The number of aliphatic carboxylic acids is 9. The minimum absolute atomic E-state index is 0.0129. The summed E-state index contributed by atoms with van der Waals surface area (Å²) >= 11 is 0. The summed E-state index contributed by atoms with van der Waals surface area (Å²) in [6, 6.07) is 2.48. The van der Waals surface area contributed by atoms with Crippen LogP contribution in [0.25, 0.3) is 0 Å². The van der Waals surface area contributed by atoms with Crippen molar-refractivity contribution in [3.8, 4) is 0 Å². The first kappa shape index (κ1) is 79.5. The molecule has 0 saturated carbocycles. The van der Waals surface area contributed by atoms with Crippen LogP contribution in [0.4, 0.5) is 0 Å². The Kier molecular flexibility index (Phi) is 53.0. The van der Waals surface area contributed by atoms with Gasteiger partial charge in [-0.1, -0.05) is 78.3 Å².